The van der Waals surface area contributed by atoms with E-state index in [-0.39, 0.29) is 5.91 Å². The highest BCUT2D eigenvalue weighted by Crippen LogP contribution is 2.20. The summed E-state index contributed by atoms with van der Waals surface area (Å²) in [6.45, 7) is 2.64. The molecule has 0 fully saturated rings. The molecule has 4 aromatic rings. The first-order valence-electron chi connectivity index (χ1n) is 8.81. The van der Waals surface area contributed by atoms with Gasteiger partial charge >= 0.3 is 0 Å². The van der Waals surface area contributed by atoms with Gasteiger partial charge in [0, 0.05) is 41.7 Å². The van der Waals surface area contributed by atoms with Crippen molar-refractivity contribution in [1.82, 2.24) is 14.3 Å². The molecule has 0 aliphatic heterocycles. The van der Waals surface area contributed by atoms with Gasteiger partial charge in [0.2, 0.25) is 0 Å². The Hall–Kier alpha value is -3.60. The number of aryl methyl sites for hydroxylation is 1. The number of anilines is 1. The quantitative estimate of drug-likeness (QED) is 0.580. The van der Waals surface area contributed by atoms with Crippen molar-refractivity contribution >= 4 is 11.6 Å². The predicted molar refractivity (Wildman–Crippen MR) is 106 cm³/mol. The number of amides is 1. The van der Waals surface area contributed by atoms with E-state index in [1.165, 1.54) is 0 Å². The van der Waals surface area contributed by atoms with E-state index in [0.717, 1.165) is 22.5 Å². The molecule has 0 unspecified atom stereocenters. The maximum Gasteiger partial charge on any atom is 0.255 e. The minimum Gasteiger partial charge on any atom is -0.324 e. The average molecular weight is 356 g/mol. The zero-order valence-corrected chi connectivity index (χ0v) is 15.0. The van der Waals surface area contributed by atoms with Gasteiger partial charge < -0.3 is 9.88 Å². The van der Waals surface area contributed by atoms with Gasteiger partial charge in [0.15, 0.2) is 0 Å². The number of hydrogen-bond donors (Lipinski definition) is 1. The van der Waals surface area contributed by atoms with Crippen LogP contribution >= 0.6 is 0 Å². The molecule has 0 spiro atoms. The molecule has 0 saturated carbocycles. The second kappa shape index (κ2) is 7.33. The largest absolute Gasteiger partial charge is 0.324 e. The topological polar surface area (TPSA) is 51.9 Å². The summed E-state index contributed by atoms with van der Waals surface area (Å²) in [5, 5.41) is 7.28. The van der Waals surface area contributed by atoms with Crippen LogP contribution in [0.5, 0.6) is 0 Å². The van der Waals surface area contributed by atoms with Gasteiger partial charge in [0.1, 0.15) is 0 Å². The number of para-hydroxylation sites is 1. The second-order valence-electron chi connectivity index (χ2n) is 6.41. The third kappa shape index (κ3) is 3.67. The van der Waals surface area contributed by atoms with Crippen molar-refractivity contribution in [3.05, 3.63) is 102 Å². The lowest BCUT2D eigenvalue weighted by molar-refractivity contribution is 0.102. The van der Waals surface area contributed by atoms with Gasteiger partial charge in [-0.1, -0.05) is 24.3 Å². The van der Waals surface area contributed by atoms with Crippen LogP contribution in [0.3, 0.4) is 0 Å². The molecule has 0 saturated heterocycles. The fraction of sp³-hybridized carbons (Fsp3) is 0.0909. The summed E-state index contributed by atoms with van der Waals surface area (Å²) in [4.78, 5) is 12.9. The van der Waals surface area contributed by atoms with E-state index in [1.807, 2.05) is 95.4 Å². The normalized spacial score (nSPS) is 10.7. The van der Waals surface area contributed by atoms with E-state index in [4.69, 9.17) is 0 Å². The van der Waals surface area contributed by atoms with E-state index in [1.54, 1.807) is 6.20 Å². The van der Waals surface area contributed by atoms with Crippen LogP contribution in [0.25, 0.3) is 5.69 Å². The third-order valence-corrected chi connectivity index (χ3v) is 4.51. The van der Waals surface area contributed by atoms with E-state index < -0.39 is 0 Å². The van der Waals surface area contributed by atoms with Gasteiger partial charge in [0.25, 0.3) is 5.91 Å². The van der Waals surface area contributed by atoms with Gasteiger partial charge in [-0.05, 0) is 54.4 Å². The van der Waals surface area contributed by atoms with Gasteiger partial charge in [-0.15, -0.1) is 0 Å². The fourth-order valence-corrected chi connectivity index (χ4v) is 3.07. The molecule has 5 heteroatoms. The maximum absolute atomic E-state index is 12.9. The lowest BCUT2D eigenvalue weighted by Gasteiger charge is -2.13. The number of carbonyl (C=O) groups excluding carboxylic acids is 1. The molecular formula is C22H20N4O. The van der Waals surface area contributed by atoms with Crippen LogP contribution in [0.1, 0.15) is 21.5 Å². The van der Waals surface area contributed by atoms with Crippen LogP contribution < -0.4 is 5.32 Å². The molecule has 0 radical (unpaired) electrons. The van der Waals surface area contributed by atoms with Crippen molar-refractivity contribution in [2.45, 2.75) is 13.5 Å². The lowest BCUT2D eigenvalue weighted by atomic mass is 10.1. The zero-order valence-electron chi connectivity index (χ0n) is 15.0. The molecule has 2 aromatic heterocycles. The Morgan fingerprint density at radius 3 is 2.59 bits per heavy atom. The zero-order chi connectivity index (χ0) is 18.6. The van der Waals surface area contributed by atoms with Crippen LogP contribution in [0.4, 0.5) is 5.69 Å². The highest BCUT2D eigenvalue weighted by molar-refractivity contribution is 6.05. The molecule has 0 atom stereocenters. The Morgan fingerprint density at radius 2 is 1.81 bits per heavy atom. The van der Waals surface area contributed by atoms with Crippen molar-refractivity contribution in [1.29, 1.82) is 0 Å². The highest BCUT2D eigenvalue weighted by atomic mass is 16.1. The number of hydrogen-bond acceptors (Lipinski definition) is 2. The van der Waals surface area contributed by atoms with E-state index in [0.29, 0.717) is 12.1 Å². The summed E-state index contributed by atoms with van der Waals surface area (Å²) in [5.41, 5.74) is 4.53. The monoisotopic (exact) mass is 356 g/mol. The van der Waals surface area contributed by atoms with Crippen LogP contribution in [0.15, 0.2) is 85.5 Å². The number of aromatic nitrogens is 3. The molecule has 2 aromatic carbocycles. The Bertz CT molecular complexity index is 1050. The summed E-state index contributed by atoms with van der Waals surface area (Å²) in [5.74, 6) is -0.128. The summed E-state index contributed by atoms with van der Waals surface area (Å²) in [6, 6.07) is 19.4. The molecule has 0 bridgehead atoms. The van der Waals surface area contributed by atoms with Gasteiger partial charge in [-0.25, -0.2) is 0 Å². The summed E-state index contributed by atoms with van der Waals surface area (Å²) in [7, 11) is 0. The molecular weight excluding hydrogens is 336 g/mol. The average Bonchev–Trinajstić information content (AvgIpc) is 3.37. The van der Waals surface area contributed by atoms with Crippen molar-refractivity contribution in [2.75, 3.05) is 5.32 Å². The van der Waals surface area contributed by atoms with Crippen LogP contribution in [0.2, 0.25) is 0 Å². The van der Waals surface area contributed by atoms with Crippen LogP contribution in [-0.2, 0) is 6.54 Å². The van der Waals surface area contributed by atoms with E-state index in [2.05, 4.69) is 10.4 Å². The fourth-order valence-electron chi connectivity index (χ4n) is 3.07. The van der Waals surface area contributed by atoms with Gasteiger partial charge in [0.05, 0.1) is 6.54 Å². The Kier molecular flexibility index (Phi) is 4.58. The van der Waals surface area contributed by atoms with Crippen LogP contribution in [0, 0.1) is 6.92 Å². The Morgan fingerprint density at radius 1 is 1.00 bits per heavy atom. The number of rotatable bonds is 5. The molecule has 0 aliphatic carbocycles. The minimum absolute atomic E-state index is 0.128. The standard InChI is InChI=1S/C22H20N4O/c1-17-9-10-18(15-21(17)25-12-4-5-13-25)22(27)24-20-8-3-2-7-19(20)16-26-14-6-11-23-26/h2-15H,16H2,1H3,(H,24,27). The van der Waals surface area contributed by atoms with E-state index >= 15 is 0 Å². The van der Waals surface area contributed by atoms with Crippen molar-refractivity contribution < 1.29 is 4.79 Å². The second-order valence-corrected chi connectivity index (χ2v) is 6.41. The third-order valence-electron chi connectivity index (χ3n) is 4.51. The molecule has 4 rings (SSSR count). The number of carbonyl (C=O) groups is 1. The number of nitrogens with one attached hydrogen (secondary N) is 1. The summed E-state index contributed by atoms with van der Waals surface area (Å²) in [6.07, 6.45) is 7.60. The Balaban J connectivity index is 1.59. The molecule has 5 nitrogen and oxygen atoms in total. The minimum atomic E-state index is -0.128. The molecule has 1 amide bonds. The number of benzene rings is 2. The molecule has 1 N–H and O–H groups in total. The van der Waals surface area contributed by atoms with Gasteiger partial charge in [-0.3, -0.25) is 9.48 Å². The van der Waals surface area contributed by atoms with Crippen molar-refractivity contribution in [2.24, 2.45) is 0 Å². The molecule has 2 heterocycles. The molecule has 27 heavy (non-hydrogen) atoms. The summed E-state index contributed by atoms with van der Waals surface area (Å²) >= 11 is 0. The first-order valence-corrected chi connectivity index (χ1v) is 8.81. The SMILES string of the molecule is Cc1ccc(C(=O)Nc2ccccc2Cn2cccn2)cc1-n1cccc1. The van der Waals surface area contributed by atoms with E-state index in [9.17, 15) is 4.79 Å². The summed E-state index contributed by atoms with van der Waals surface area (Å²) < 4.78 is 3.85. The number of nitrogens with zero attached hydrogens (tertiary/aromatic N) is 3. The van der Waals surface area contributed by atoms with Crippen molar-refractivity contribution in [3.8, 4) is 5.69 Å². The predicted octanol–water partition coefficient (Wildman–Crippen LogP) is 4.28. The highest BCUT2D eigenvalue weighted by Gasteiger charge is 2.12. The van der Waals surface area contributed by atoms with Crippen LogP contribution in [-0.4, -0.2) is 20.3 Å². The molecule has 0 aliphatic rings. The lowest BCUT2D eigenvalue weighted by Crippen LogP contribution is -2.15. The smallest absolute Gasteiger partial charge is 0.255 e. The van der Waals surface area contributed by atoms with Crippen molar-refractivity contribution in [3.63, 3.8) is 0 Å². The first-order chi connectivity index (χ1) is 13.2. The van der Waals surface area contributed by atoms with Gasteiger partial charge in [-0.2, -0.15) is 5.10 Å². The maximum atomic E-state index is 12.9. The Labute approximate surface area is 157 Å². The first kappa shape index (κ1) is 16.8. The molecule has 134 valence electrons.